The third kappa shape index (κ3) is 5.03. The second-order valence-electron chi connectivity index (χ2n) is 6.61. The maximum Gasteiger partial charge on any atom is 0.235 e. The van der Waals surface area contributed by atoms with E-state index in [0.717, 1.165) is 5.56 Å². The Morgan fingerprint density at radius 3 is 2.56 bits per heavy atom. The van der Waals surface area contributed by atoms with Gasteiger partial charge in [-0.15, -0.1) is 0 Å². The number of anilines is 1. The second kappa shape index (κ2) is 8.94. The summed E-state index contributed by atoms with van der Waals surface area (Å²) in [6.45, 7) is 3.26. The van der Waals surface area contributed by atoms with Gasteiger partial charge in [-0.2, -0.15) is 0 Å². The molecular weight excluding hydrogens is 348 g/mol. The van der Waals surface area contributed by atoms with Gasteiger partial charge in [0.2, 0.25) is 11.8 Å². The molecule has 1 amide bonds. The molecule has 0 aliphatic carbocycles. The largest absolute Gasteiger partial charge is 0.475 e. The molecular formula is C20H24N2O5. The van der Waals surface area contributed by atoms with Crippen molar-refractivity contribution in [1.82, 2.24) is 4.98 Å². The molecule has 1 aromatic carbocycles. The van der Waals surface area contributed by atoms with E-state index < -0.39 is 11.7 Å². The van der Waals surface area contributed by atoms with Gasteiger partial charge in [0.1, 0.15) is 6.61 Å². The summed E-state index contributed by atoms with van der Waals surface area (Å²) < 4.78 is 21.9. The van der Waals surface area contributed by atoms with Crippen LogP contribution in [0.2, 0.25) is 0 Å². The quantitative estimate of drug-likeness (QED) is 0.753. The minimum Gasteiger partial charge on any atom is -0.475 e. The third-order valence-corrected chi connectivity index (χ3v) is 4.26. The number of amides is 1. The number of benzene rings is 1. The highest BCUT2D eigenvalue weighted by Crippen LogP contribution is 2.32. The van der Waals surface area contributed by atoms with E-state index in [1.165, 1.54) is 0 Å². The van der Waals surface area contributed by atoms with Gasteiger partial charge >= 0.3 is 0 Å². The van der Waals surface area contributed by atoms with Gasteiger partial charge in [0.15, 0.2) is 6.29 Å². The fourth-order valence-corrected chi connectivity index (χ4v) is 2.59. The van der Waals surface area contributed by atoms with Crippen LogP contribution >= 0.6 is 0 Å². The van der Waals surface area contributed by atoms with Crippen molar-refractivity contribution in [2.75, 3.05) is 38.9 Å². The fourth-order valence-electron chi connectivity index (χ4n) is 2.59. The minimum absolute atomic E-state index is 0.177. The standard InChI is InChI=1S/C20H24N2O5/c1-20(13-26-18(27-14-20)15-6-4-3-5-7-15)19(23)22-16-8-9-17(21-12-16)25-11-10-24-2/h3-9,12,18H,10-11,13-14H2,1-2H3,(H,22,23). The van der Waals surface area contributed by atoms with Crippen LogP contribution in [0, 0.1) is 5.41 Å². The predicted octanol–water partition coefficient (Wildman–Crippen LogP) is 2.80. The Morgan fingerprint density at radius 1 is 1.19 bits per heavy atom. The molecule has 1 aliphatic rings. The summed E-state index contributed by atoms with van der Waals surface area (Å²) in [5.74, 6) is 0.301. The van der Waals surface area contributed by atoms with Gasteiger partial charge in [0, 0.05) is 18.7 Å². The molecule has 0 spiro atoms. The van der Waals surface area contributed by atoms with Crippen molar-refractivity contribution in [2.45, 2.75) is 13.2 Å². The number of nitrogens with one attached hydrogen (secondary N) is 1. The maximum absolute atomic E-state index is 12.7. The maximum atomic E-state index is 12.7. The topological polar surface area (TPSA) is 78.9 Å². The first-order valence-corrected chi connectivity index (χ1v) is 8.78. The third-order valence-electron chi connectivity index (χ3n) is 4.26. The monoisotopic (exact) mass is 372 g/mol. The number of rotatable bonds is 7. The van der Waals surface area contributed by atoms with Gasteiger partial charge in [-0.1, -0.05) is 30.3 Å². The van der Waals surface area contributed by atoms with Gasteiger partial charge in [0.25, 0.3) is 0 Å². The molecule has 1 saturated heterocycles. The zero-order valence-corrected chi connectivity index (χ0v) is 15.5. The van der Waals surface area contributed by atoms with Crippen molar-refractivity contribution in [3.8, 4) is 5.88 Å². The van der Waals surface area contributed by atoms with Crippen LogP contribution in [0.15, 0.2) is 48.7 Å². The van der Waals surface area contributed by atoms with E-state index >= 15 is 0 Å². The first-order chi connectivity index (χ1) is 13.1. The van der Waals surface area contributed by atoms with Crippen molar-refractivity contribution in [3.05, 3.63) is 54.2 Å². The minimum atomic E-state index is -0.779. The normalized spacial score (nSPS) is 22.2. The molecule has 0 radical (unpaired) electrons. The molecule has 0 unspecified atom stereocenters. The average molecular weight is 372 g/mol. The van der Waals surface area contributed by atoms with E-state index in [4.69, 9.17) is 18.9 Å². The number of hydrogen-bond acceptors (Lipinski definition) is 6. The number of carbonyl (C=O) groups is 1. The highest BCUT2D eigenvalue weighted by Gasteiger charge is 2.39. The summed E-state index contributed by atoms with van der Waals surface area (Å²) in [4.78, 5) is 16.8. The smallest absolute Gasteiger partial charge is 0.235 e. The van der Waals surface area contributed by atoms with Crippen molar-refractivity contribution in [1.29, 1.82) is 0 Å². The lowest BCUT2D eigenvalue weighted by atomic mass is 9.90. The Labute approximate surface area is 158 Å². The molecule has 27 heavy (non-hydrogen) atoms. The van der Waals surface area contributed by atoms with Crippen LogP contribution in [0.5, 0.6) is 5.88 Å². The fraction of sp³-hybridized carbons (Fsp3) is 0.400. The molecule has 2 heterocycles. The molecule has 1 fully saturated rings. The summed E-state index contributed by atoms with van der Waals surface area (Å²) in [5.41, 5.74) is 0.748. The Morgan fingerprint density at radius 2 is 1.93 bits per heavy atom. The van der Waals surface area contributed by atoms with Gasteiger partial charge in [-0.3, -0.25) is 4.79 Å². The molecule has 0 atom stereocenters. The summed E-state index contributed by atoms with van der Waals surface area (Å²) in [5, 5.41) is 2.86. The van der Waals surface area contributed by atoms with Crippen molar-refractivity contribution in [2.24, 2.45) is 5.41 Å². The molecule has 1 N–H and O–H groups in total. The van der Waals surface area contributed by atoms with E-state index in [1.807, 2.05) is 37.3 Å². The lowest BCUT2D eigenvalue weighted by molar-refractivity contribution is -0.226. The van der Waals surface area contributed by atoms with Crippen LogP contribution in [0.3, 0.4) is 0 Å². The van der Waals surface area contributed by atoms with E-state index in [0.29, 0.717) is 24.8 Å². The van der Waals surface area contributed by atoms with Crippen LogP contribution < -0.4 is 10.1 Å². The number of ether oxygens (including phenoxy) is 4. The molecule has 7 nitrogen and oxygen atoms in total. The summed E-state index contributed by atoms with van der Waals surface area (Å²) in [6.07, 6.45) is 1.11. The highest BCUT2D eigenvalue weighted by molar-refractivity contribution is 5.95. The van der Waals surface area contributed by atoms with Crippen LogP contribution in [-0.4, -0.2) is 44.4 Å². The first-order valence-electron chi connectivity index (χ1n) is 8.78. The Bertz CT molecular complexity index is 728. The van der Waals surface area contributed by atoms with E-state index in [2.05, 4.69) is 10.3 Å². The molecule has 7 heteroatoms. The first kappa shape index (κ1) is 19.3. The Hall–Kier alpha value is -2.48. The van der Waals surface area contributed by atoms with E-state index in [9.17, 15) is 4.79 Å². The van der Waals surface area contributed by atoms with Crippen molar-refractivity contribution in [3.63, 3.8) is 0 Å². The van der Waals surface area contributed by atoms with Crippen molar-refractivity contribution < 1.29 is 23.7 Å². The molecule has 0 bridgehead atoms. The van der Waals surface area contributed by atoms with Crippen LogP contribution in [0.25, 0.3) is 0 Å². The number of methoxy groups -OCH3 is 1. The number of hydrogen-bond donors (Lipinski definition) is 1. The van der Waals surface area contributed by atoms with Crippen LogP contribution in [0.4, 0.5) is 5.69 Å². The summed E-state index contributed by atoms with van der Waals surface area (Å²) in [7, 11) is 1.61. The summed E-state index contributed by atoms with van der Waals surface area (Å²) in [6, 6.07) is 13.1. The van der Waals surface area contributed by atoms with Gasteiger partial charge in [-0.25, -0.2) is 4.98 Å². The van der Waals surface area contributed by atoms with E-state index in [1.54, 1.807) is 25.4 Å². The Balaban J connectivity index is 1.53. The second-order valence-corrected chi connectivity index (χ2v) is 6.61. The zero-order chi connectivity index (χ0) is 19.1. The van der Waals surface area contributed by atoms with E-state index in [-0.39, 0.29) is 19.1 Å². The number of nitrogens with zero attached hydrogens (tertiary/aromatic N) is 1. The molecule has 0 saturated carbocycles. The lowest BCUT2D eigenvalue weighted by Gasteiger charge is -2.36. The SMILES string of the molecule is COCCOc1ccc(NC(=O)C2(C)COC(c3ccccc3)OC2)cn1. The predicted molar refractivity (Wildman–Crippen MR) is 99.4 cm³/mol. The van der Waals surface area contributed by atoms with Gasteiger partial charge in [-0.05, 0) is 13.0 Å². The van der Waals surface area contributed by atoms with Crippen molar-refractivity contribution >= 4 is 11.6 Å². The molecule has 144 valence electrons. The molecule has 1 aliphatic heterocycles. The molecule has 2 aromatic rings. The van der Waals surface area contributed by atoms with Gasteiger partial charge < -0.3 is 24.3 Å². The van der Waals surface area contributed by atoms with Crippen LogP contribution in [-0.2, 0) is 19.0 Å². The lowest BCUT2D eigenvalue weighted by Crippen LogP contribution is -2.45. The van der Waals surface area contributed by atoms with Crippen LogP contribution in [0.1, 0.15) is 18.8 Å². The average Bonchev–Trinajstić information content (AvgIpc) is 2.71. The number of carbonyl (C=O) groups excluding carboxylic acids is 1. The zero-order valence-electron chi connectivity index (χ0n) is 15.5. The summed E-state index contributed by atoms with van der Waals surface area (Å²) >= 11 is 0. The number of aromatic nitrogens is 1. The molecule has 3 rings (SSSR count). The molecule has 1 aromatic heterocycles. The highest BCUT2D eigenvalue weighted by atomic mass is 16.7. The van der Waals surface area contributed by atoms with Gasteiger partial charge in [0.05, 0.1) is 37.1 Å². The Kier molecular flexibility index (Phi) is 6.39. The number of pyridine rings is 1.